The monoisotopic (exact) mass is 368 g/mol. The Balaban J connectivity index is 2.30. The lowest BCUT2D eigenvalue weighted by Gasteiger charge is -2.20. The van der Waals surface area contributed by atoms with Gasteiger partial charge < -0.3 is 9.47 Å². The fraction of sp³-hybridized carbons (Fsp3) is 0.391. The number of carbonyl (C=O) groups excluding carboxylic acids is 2. The number of hydrogen-bond donors (Lipinski definition) is 0. The van der Waals surface area contributed by atoms with Crippen molar-refractivity contribution in [3.05, 3.63) is 57.7 Å². The Hall–Kier alpha value is -2.62. The zero-order valence-corrected chi connectivity index (χ0v) is 17.1. The number of methoxy groups -OCH3 is 2. The van der Waals surface area contributed by atoms with Gasteiger partial charge in [0.1, 0.15) is 0 Å². The Morgan fingerprint density at radius 1 is 0.926 bits per heavy atom. The van der Waals surface area contributed by atoms with Crippen LogP contribution in [0.3, 0.4) is 0 Å². The zero-order chi connectivity index (χ0) is 20.1. The zero-order valence-electron chi connectivity index (χ0n) is 17.1. The van der Waals surface area contributed by atoms with Gasteiger partial charge in [-0.3, -0.25) is 9.59 Å². The van der Waals surface area contributed by atoms with Crippen molar-refractivity contribution in [1.82, 2.24) is 0 Å². The Kier molecular flexibility index (Phi) is 6.78. The SMILES string of the molecule is COc1cc2c(cc1OC)C(=O)C(C/C=C(\C)CCC=C(C)C)=C(C)C2=O. The molecule has 0 aromatic heterocycles. The Morgan fingerprint density at radius 2 is 1.48 bits per heavy atom. The van der Waals surface area contributed by atoms with Gasteiger partial charge in [0.25, 0.3) is 0 Å². The van der Waals surface area contributed by atoms with Crippen LogP contribution in [0.4, 0.5) is 0 Å². The summed E-state index contributed by atoms with van der Waals surface area (Å²) in [7, 11) is 3.02. The van der Waals surface area contributed by atoms with Crippen LogP contribution in [0.15, 0.2) is 46.6 Å². The fourth-order valence-electron chi connectivity index (χ4n) is 3.14. The van der Waals surface area contributed by atoms with Gasteiger partial charge in [-0.25, -0.2) is 0 Å². The van der Waals surface area contributed by atoms with Crippen LogP contribution < -0.4 is 9.47 Å². The van der Waals surface area contributed by atoms with Crippen molar-refractivity contribution in [3.8, 4) is 11.5 Å². The number of ether oxygens (including phenoxy) is 2. The van der Waals surface area contributed by atoms with E-state index in [9.17, 15) is 9.59 Å². The molecule has 1 aromatic rings. The first-order valence-electron chi connectivity index (χ1n) is 9.14. The highest BCUT2D eigenvalue weighted by Gasteiger charge is 2.31. The van der Waals surface area contributed by atoms with E-state index in [0.717, 1.165) is 12.8 Å². The topological polar surface area (TPSA) is 52.6 Å². The predicted octanol–water partition coefficient (Wildman–Crippen LogP) is 5.48. The molecule has 0 bridgehead atoms. The number of Topliss-reactive ketones (excluding diaryl/α,β-unsaturated/α-hetero) is 2. The molecular formula is C23H28O4. The molecule has 4 nitrogen and oxygen atoms in total. The van der Waals surface area contributed by atoms with Gasteiger partial charge in [0.15, 0.2) is 23.1 Å². The molecule has 0 amide bonds. The molecular weight excluding hydrogens is 340 g/mol. The van der Waals surface area contributed by atoms with E-state index < -0.39 is 0 Å². The van der Waals surface area contributed by atoms with Crippen molar-refractivity contribution >= 4 is 11.6 Å². The Labute approximate surface area is 161 Å². The molecule has 0 spiro atoms. The third-order valence-corrected chi connectivity index (χ3v) is 4.83. The number of allylic oxidation sites excluding steroid dienone is 6. The normalized spacial score (nSPS) is 14.2. The van der Waals surface area contributed by atoms with Crippen molar-refractivity contribution in [2.24, 2.45) is 0 Å². The van der Waals surface area contributed by atoms with Crippen molar-refractivity contribution < 1.29 is 19.1 Å². The first-order chi connectivity index (χ1) is 12.8. The van der Waals surface area contributed by atoms with Crippen molar-refractivity contribution in [2.75, 3.05) is 14.2 Å². The smallest absolute Gasteiger partial charge is 0.190 e. The molecule has 0 fully saturated rings. The van der Waals surface area contributed by atoms with E-state index >= 15 is 0 Å². The average molecular weight is 368 g/mol. The molecule has 0 saturated heterocycles. The van der Waals surface area contributed by atoms with Gasteiger partial charge in [0.2, 0.25) is 0 Å². The summed E-state index contributed by atoms with van der Waals surface area (Å²) in [6, 6.07) is 3.20. The number of rotatable bonds is 7. The molecule has 0 radical (unpaired) electrons. The van der Waals surface area contributed by atoms with E-state index in [-0.39, 0.29) is 11.6 Å². The van der Waals surface area contributed by atoms with Gasteiger partial charge in [-0.1, -0.05) is 23.3 Å². The van der Waals surface area contributed by atoms with Gasteiger partial charge >= 0.3 is 0 Å². The van der Waals surface area contributed by atoms with E-state index in [1.807, 2.05) is 0 Å². The second-order valence-corrected chi connectivity index (χ2v) is 7.09. The maximum atomic E-state index is 13.0. The molecule has 1 aliphatic carbocycles. The van der Waals surface area contributed by atoms with E-state index in [4.69, 9.17) is 9.47 Å². The van der Waals surface area contributed by atoms with Crippen LogP contribution in [-0.2, 0) is 0 Å². The van der Waals surface area contributed by atoms with Gasteiger partial charge in [0.05, 0.1) is 14.2 Å². The number of fused-ring (bicyclic) bond motifs is 1. The van der Waals surface area contributed by atoms with Gasteiger partial charge in [-0.2, -0.15) is 0 Å². The molecule has 1 aromatic carbocycles. The molecule has 27 heavy (non-hydrogen) atoms. The predicted molar refractivity (Wildman–Crippen MR) is 108 cm³/mol. The summed E-state index contributed by atoms with van der Waals surface area (Å²) in [4.78, 5) is 25.8. The van der Waals surface area contributed by atoms with Crippen LogP contribution in [0.5, 0.6) is 11.5 Å². The molecule has 1 aliphatic rings. The van der Waals surface area contributed by atoms with Crippen LogP contribution in [0.1, 0.15) is 67.7 Å². The van der Waals surface area contributed by atoms with Gasteiger partial charge in [-0.15, -0.1) is 0 Å². The molecule has 144 valence electrons. The molecule has 0 atom stereocenters. The number of benzene rings is 1. The summed E-state index contributed by atoms with van der Waals surface area (Å²) in [5.41, 5.74) is 4.34. The summed E-state index contributed by atoms with van der Waals surface area (Å²) in [6.07, 6.45) is 6.64. The maximum absolute atomic E-state index is 13.0. The third kappa shape index (κ3) is 4.57. The lowest BCUT2D eigenvalue weighted by Crippen LogP contribution is -2.21. The maximum Gasteiger partial charge on any atom is 0.190 e. The largest absolute Gasteiger partial charge is 0.493 e. The molecule has 0 saturated carbocycles. The summed E-state index contributed by atoms with van der Waals surface area (Å²) >= 11 is 0. The van der Waals surface area contributed by atoms with E-state index in [0.29, 0.717) is 40.2 Å². The quantitative estimate of drug-likeness (QED) is 0.598. The van der Waals surface area contributed by atoms with Crippen molar-refractivity contribution in [2.45, 2.75) is 47.0 Å². The molecule has 4 heteroatoms. The van der Waals surface area contributed by atoms with Crippen LogP contribution in [-0.4, -0.2) is 25.8 Å². The van der Waals surface area contributed by atoms with Crippen molar-refractivity contribution in [1.29, 1.82) is 0 Å². The van der Waals surface area contributed by atoms with E-state index in [2.05, 4.69) is 32.9 Å². The van der Waals surface area contributed by atoms with E-state index in [1.54, 1.807) is 19.1 Å². The Bertz CT molecular complexity index is 849. The summed E-state index contributed by atoms with van der Waals surface area (Å²) in [5, 5.41) is 0. The average Bonchev–Trinajstić information content (AvgIpc) is 2.64. The number of carbonyl (C=O) groups is 2. The molecule has 0 heterocycles. The minimum Gasteiger partial charge on any atom is -0.493 e. The molecule has 0 unspecified atom stereocenters. The molecule has 2 rings (SSSR count). The minimum absolute atomic E-state index is 0.114. The Morgan fingerprint density at radius 3 is 2.00 bits per heavy atom. The molecule has 0 N–H and O–H groups in total. The summed E-state index contributed by atoms with van der Waals surface area (Å²) < 4.78 is 10.6. The highest BCUT2D eigenvalue weighted by molar-refractivity contribution is 6.27. The van der Waals surface area contributed by atoms with Crippen LogP contribution in [0, 0.1) is 0 Å². The lowest BCUT2D eigenvalue weighted by atomic mass is 9.83. The first-order valence-corrected chi connectivity index (χ1v) is 9.14. The molecule has 0 aliphatic heterocycles. The highest BCUT2D eigenvalue weighted by atomic mass is 16.5. The highest BCUT2D eigenvalue weighted by Crippen LogP contribution is 2.36. The third-order valence-electron chi connectivity index (χ3n) is 4.83. The van der Waals surface area contributed by atoms with E-state index in [1.165, 1.54) is 25.4 Å². The van der Waals surface area contributed by atoms with Gasteiger partial charge in [-0.05, 0) is 59.1 Å². The summed E-state index contributed by atoms with van der Waals surface area (Å²) in [6.45, 7) is 7.95. The minimum atomic E-state index is -0.129. The van der Waals surface area contributed by atoms with Crippen LogP contribution in [0.2, 0.25) is 0 Å². The van der Waals surface area contributed by atoms with Crippen LogP contribution in [0.25, 0.3) is 0 Å². The number of hydrogen-bond acceptors (Lipinski definition) is 4. The van der Waals surface area contributed by atoms with Crippen LogP contribution >= 0.6 is 0 Å². The van der Waals surface area contributed by atoms with Gasteiger partial charge in [0, 0.05) is 22.3 Å². The standard InChI is InChI=1S/C23H28O4/c1-14(2)8-7-9-15(3)10-11-17-16(4)22(24)18-12-20(26-5)21(27-6)13-19(18)23(17)25/h8,10,12-13H,7,9,11H2,1-6H3/b15-10+. The second kappa shape index (κ2) is 8.85. The lowest BCUT2D eigenvalue weighted by molar-refractivity contribution is 0.0972. The summed E-state index contributed by atoms with van der Waals surface area (Å²) in [5.74, 6) is 0.654. The number of ketones is 2. The fourth-order valence-corrected chi connectivity index (χ4v) is 3.14. The first kappa shape index (κ1) is 20.7. The van der Waals surface area contributed by atoms with Crippen molar-refractivity contribution in [3.63, 3.8) is 0 Å². The second-order valence-electron chi connectivity index (χ2n) is 7.09.